The van der Waals surface area contributed by atoms with Gasteiger partial charge in [0.05, 0.1) is 0 Å². The molecule has 0 spiro atoms. The molecule has 3 heterocycles. The lowest BCUT2D eigenvalue weighted by Crippen LogP contribution is -2.30. The zero-order chi connectivity index (χ0) is 15.7. The molecule has 1 unspecified atom stereocenters. The number of likely N-dealkylation sites (tertiary alicyclic amines) is 1. The van der Waals surface area contributed by atoms with Crippen molar-refractivity contribution in [3.63, 3.8) is 0 Å². The van der Waals surface area contributed by atoms with E-state index in [0.29, 0.717) is 6.54 Å². The second-order valence-corrected chi connectivity index (χ2v) is 7.76. The van der Waals surface area contributed by atoms with E-state index in [1.54, 1.807) is 11.3 Å². The van der Waals surface area contributed by atoms with Gasteiger partial charge in [-0.1, -0.05) is 30.3 Å². The first-order valence-electron chi connectivity index (χ1n) is 8.43. The number of β-amino-alcohol motifs (C(OH)–C–C–N with tert-alkyl or cyclic N) is 1. The van der Waals surface area contributed by atoms with Gasteiger partial charge in [0.15, 0.2) is 5.13 Å². The molecule has 1 N–H and O–H groups in total. The van der Waals surface area contributed by atoms with Crippen LogP contribution in [-0.4, -0.2) is 41.2 Å². The third-order valence-corrected chi connectivity index (χ3v) is 5.98. The molecule has 0 radical (unpaired) electrons. The molecule has 2 fully saturated rings. The molecule has 0 aliphatic carbocycles. The van der Waals surface area contributed by atoms with Crippen molar-refractivity contribution < 1.29 is 5.11 Å². The maximum absolute atomic E-state index is 10.9. The Morgan fingerprint density at radius 3 is 2.70 bits per heavy atom. The van der Waals surface area contributed by atoms with E-state index in [1.165, 1.54) is 17.7 Å². The van der Waals surface area contributed by atoms with Gasteiger partial charge < -0.3 is 10.0 Å². The third kappa shape index (κ3) is 3.13. The maximum atomic E-state index is 10.9. The Labute approximate surface area is 141 Å². The number of anilines is 1. The van der Waals surface area contributed by atoms with E-state index in [-0.39, 0.29) is 0 Å². The molecule has 0 bridgehead atoms. The minimum Gasteiger partial charge on any atom is -0.384 e. The summed E-state index contributed by atoms with van der Waals surface area (Å²) in [7, 11) is 0. The van der Waals surface area contributed by atoms with E-state index in [2.05, 4.69) is 14.8 Å². The van der Waals surface area contributed by atoms with Crippen LogP contribution < -0.4 is 4.90 Å². The van der Waals surface area contributed by atoms with Gasteiger partial charge >= 0.3 is 0 Å². The van der Waals surface area contributed by atoms with Crippen molar-refractivity contribution >= 4 is 16.5 Å². The minimum absolute atomic E-state index is 0.702. The molecule has 2 aromatic rings. The molecule has 0 saturated carbocycles. The fraction of sp³-hybridized carbons (Fsp3) is 0.500. The molecule has 0 amide bonds. The molecule has 23 heavy (non-hydrogen) atoms. The second kappa shape index (κ2) is 6.23. The standard InChI is InChI=1S/C18H23N3OS/c22-18(15-6-2-1-3-7-15)8-11-20(14-18)13-16-12-19-17(23-16)21-9-4-5-10-21/h1-3,6-7,12,22H,4-5,8-11,13-14H2. The molecular formula is C18H23N3OS. The molecule has 1 atom stereocenters. The Balaban J connectivity index is 1.41. The van der Waals surface area contributed by atoms with Crippen LogP contribution in [0.4, 0.5) is 5.13 Å². The van der Waals surface area contributed by atoms with Crippen LogP contribution >= 0.6 is 11.3 Å². The van der Waals surface area contributed by atoms with E-state index in [1.807, 2.05) is 36.5 Å². The van der Waals surface area contributed by atoms with Gasteiger partial charge in [-0.15, -0.1) is 11.3 Å². The summed E-state index contributed by atoms with van der Waals surface area (Å²) < 4.78 is 0. The first-order chi connectivity index (χ1) is 11.2. The maximum Gasteiger partial charge on any atom is 0.185 e. The van der Waals surface area contributed by atoms with E-state index in [4.69, 9.17) is 0 Å². The molecule has 4 rings (SSSR count). The first kappa shape index (κ1) is 15.1. The van der Waals surface area contributed by atoms with Gasteiger partial charge in [0, 0.05) is 43.8 Å². The number of nitrogens with zero attached hydrogens (tertiary/aromatic N) is 3. The van der Waals surface area contributed by atoms with Crippen molar-refractivity contribution in [3.05, 3.63) is 47.0 Å². The van der Waals surface area contributed by atoms with Crippen molar-refractivity contribution in [3.8, 4) is 0 Å². The smallest absolute Gasteiger partial charge is 0.185 e. The van der Waals surface area contributed by atoms with E-state index < -0.39 is 5.60 Å². The van der Waals surface area contributed by atoms with Crippen molar-refractivity contribution in [2.75, 3.05) is 31.1 Å². The topological polar surface area (TPSA) is 39.6 Å². The van der Waals surface area contributed by atoms with Gasteiger partial charge in [0.1, 0.15) is 5.60 Å². The average Bonchev–Trinajstić information content (AvgIpc) is 3.30. The Morgan fingerprint density at radius 1 is 1.13 bits per heavy atom. The monoisotopic (exact) mass is 329 g/mol. The lowest BCUT2D eigenvalue weighted by atomic mass is 9.93. The molecule has 4 nitrogen and oxygen atoms in total. The van der Waals surface area contributed by atoms with Gasteiger partial charge in [0.2, 0.25) is 0 Å². The lowest BCUT2D eigenvalue weighted by Gasteiger charge is -2.23. The second-order valence-electron chi connectivity index (χ2n) is 6.66. The molecule has 2 saturated heterocycles. The highest BCUT2D eigenvalue weighted by Crippen LogP contribution is 2.34. The molecule has 2 aliphatic rings. The van der Waals surface area contributed by atoms with Crippen molar-refractivity contribution in [1.82, 2.24) is 9.88 Å². The summed E-state index contributed by atoms with van der Waals surface area (Å²) in [6.45, 7) is 4.81. The quantitative estimate of drug-likeness (QED) is 0.936. The molecule has 1 aromatic carbocycles. The third-order valence-electron chi connectivity index (χ3n) is 4.94. The molecular weight excluding hydrogens is 306 g/mol. The summed E-state index contributed by atoms with van der Waals surface area (Å²) in [5.41, 5.74) is 0.327. The highest BCUT2D eigenvalue weighted by atomic mass is 32.1. The number of hydrogen-bond donors (Lipinski definition) is 1. The lowest BCUT2D eigenvalue weighted by molar-refractivity contribution is 0.0454. The number of aliphatic hydroxyl groups is 1. The summed E-state index contributed by atoms with van der Waals surface area (Å²) >= 11 is 1.80. The molecule has 2 aliphatic heterocycles. The predicted molar refractivity (Wildman–Crippen MR) is 93.8 cm³/mol. The average molecular weight is 329 g/mol. The highest BCUT2D eigenvalue weighted by molar-refractivity contribution is 7.15. The number of aromatic nitrogens is 1. The van der Waals surface area contributed by atoms with E-state index in [0.717, 1.165) is 43.3 Å². The van der Waals surface area contributed by atoms with Crippen LogP contribution in [0, 0.1) is 0 Å². The van der Waals surface area contributed by atoms with Crippen molar-refractivity contribution in [2.45, 2.75) is 31.4 Å². The van der Waals surface area contributed by atoms with Gasteiger partial charge in [-0.25, -0.2) is 4.98 Å². The zero-order valence-electron chi connectivity index (χ0n) is 13.3. The Morgan fingerprint density at radius 2 is 1.91 bits per heavy atom. The first-order valence-corrected chi connectivity index (χ1v) is 9.24. The Kier molecular flexibility index (Phi) is 4.09. The summed E-state index contributed by atoms with van der Waals surface area (Å²) in [5.74, 6) is 0. The number of hydrogen-bond acceptors (Lipinski definition) is 5. The largest absolute Gasteiger partial charge is 0.384 e. The number of thiazole rings is 1. The number of rotatable bonds is 4. The van der Waals surface area contributed by atoms with Gasteiger partial charge in [-0.3, -0.25) is 4.90 Å². The van der Waals surface area contributed by atoms with Crippen molar-refractivity contribution in [2.24, 2.45) is 0 Å². The molecule has 5 heteroatoms. The number of benzene rings is 1. The van der Waals surface area contributed by atoms with Gasteiger partial charge in [-0.2, -0.15) is 0 Å². The summed E-state index contributed by atoms with van der Waals surface area (Å²) in [6, 6.07) is 10.1. The van der Waals surface area contributed by atoms with Crippen LogP contribution in [0.25, 0.3) is 0 Å². The summed E-state index contributed by atoms with van der Waals surface area (Å²) in [5, 5.41) is 12.1. The van der Waals surface area contributed by atoms with Crippen LogP contribution in [0.15, 0.2) is 36.5 Å². The van der Waals surface area contributed by atoms with Gasteiger partial charge in [-0.05, 0) is 24.8 Å². The summed E-state index contributed by atoms with van der Waals surface area (Å²) in [4.78, 5) is 10.6. The SMILES string of the molecule is OC1(c2ccccc2)CCN(Cc2cnc(N3CCCC3)s2)C1. The normalized spacial score (nSPS) is 25.3. The Bertz CT molecular complexity index is 653. The molecule has 122 valence electrons. The zero-order valence-corrected chi connectivity index (χ0v) is 14.1. The molecule has 1 aromatic heterocycles. The van der Waals surface area contributed by atoms with Crippen molar-refractivity contribution in [1.29, 1.82) is 0 Å². The van der Waals surface area contributed by atoms with Crippen LogP contribution in [0.1, 0.15) is 29.7 Å². The van der Waals surface area contributed by atoms with Crippen LogP contribution in [0.3, 0.4) is 0 Å². The Hall–Kier alpha value is -1.43. The van der Waals surface area contributed by atoms with Crippen LogP contribution in [0.2, 0.25) is 0 Å². The van der Waals surface area contributed by atoms with Crippen LogP contribution in [-0.2, 0) is 12.1 Å². The fourth-order valence-electron chi connectivity index (χ4n) is 3.64. The fourth-order valence-corrected chi connectivity index (χ4v) is 4.64. The minimum atomic E-state index is -0.705. The summed E-state index contributed by atoms with van der Waals surface area (Å²) in [6.07, 6.45) is 5.38. The predicted octanol–water partition coefficient (Wildman–Crippen LogP) is 2.84. The van der Waals surface area contributed by atoms with Gasteiger partial charge in [0.25, 0.3) is 0 Å². The van der Waals surface area contributed by atoms with Crippen LogP contribution in [0.5, 0.6) is 0 Å². The van der Waals surface area contributed by atoms with E-state index in [9.17, 15) is 5.11 Å². The highest BCUT2D eigenvalue weighted by Gasteiger charge is 2.37. The van der Waals surface area contributed by atoms with E-state index >= 15 is 0 Å².